The van der Waals surface area contributed by atoms with E-state index < -0.39 is 0 Å². The highest BCUT2D eigenvalue weighted by atomic mass is 16.5. The molecule has 0 bridgehead atoms. The normalized spacial score (nSPS) is 19.2. The average molecular weight is 182 g/mol. The van der Waals surface area contributed by atoms with E-state index in [0.29, 0.717) is 0 Å². The van der Waals surface area contributed by atoms with Crippen molar-refractivity contribution >= 4 is 0 Å². The van der Waals surface area contributed by atoms with Gasteiger partial charge in [0.1, 0.15) is 0 Å². The van der Waals surface area contributed by atoms with Gasteiger partial charge in [0.2, 0.25) is 0 Å². The van der Waals surface area contributed by atoms with Crippen LogP contribution < -0.4 is 0 Å². The lowest BCUT2D eigenvalue weighted by molar-refractivity contribution is 0.0335. The SMILES string of the molecule is Cc1nn[nH]c1CN1CCOCC1. The van der Waals surface area contributed by atoms with Crippen LogP contribution in [-0.2, 0) is 11.3 Å². The standard InChI is InChI=1S/C8H14N4O/c1-7-8(10-11-9-7)6-12-2-4-13-5-3-12/h2-6H2,1H3,(H,9,10,11). The number of nitrogens with one attached hydrogen (secondary N) is 1. The number of hydrogen-bond acceptors (Lipinski definition) is 4. The Labute approximate surface area is 77.1 Å². The number of hydrogen-bond donors (Lipinski definition) is 1. The minimum atomic E-state index is 0.834. The molecule has 2 rings (SSSR count). The lowest BCUT2D eigenvalue weighted by Crippen LogP contribution is -2.35. The molecule has 0 atom stereocenters. The first-order valence-corrected chi connectivity index (χ1v) is 4.53. The van der Waals surface area contributed by atoms with Crippen LogP contribution in [0.2, 0.25) is 0 Å². The van der Waals surface area contributed by atoms with Gasteiger partial charge in [-0.2, -0.15) is 0 Å². The summed E-state index contributed by atoms with van der Waals surface area (Å²) in [7, 11) is 0. The third-order valence-electron chi connectivity index (χ3n) is 2.31. The lowest BCUT2D eigenvalue weighted by Gasteiger charge is -2.25. The summed E-state index contributed by atoms with van der Waals surface area (Å²) in [6.45, 7) is 6.54. The van der Waals surface area contributed by atoms with Crippen molar-refractivity contribution < 1.29 is 4.74 Å². The van der Waals surface area contributed by atoms with Crippen molar-refractivity contribution in [2.24, 2.45) is 0 Å². The summed E-state index contributed by atoms with van der Waals surface area (Å²) in [6.07, 6.45) is 0. The van der Waals surface area contributed by atoms with Gasteiger partial charge in [0.15, 0.2) is 0 Å². The van der Waals surface area contributed by atoms with Crippen molar-refractivity contribution in [3.05, 3.63) is 11.4 Å². The molecule has 1 aromatic rings. The molecular weight excluding hydrogens is 168 g/mol. The van der Waals surface area contributed by atoms with Crippen LogP contribution in [0.5, 0.6) is 0 Å². The maximum atomic E-state index is 5.27. The van der Waals surface area contributed by atoms with E-state index in [-0.39, 0.29) is 0 Å². The predicted molar refractivity (Wildman–Crippen MR) is 47.2 cm³/mol. The molecule has 0 unspecified atom stereocenters. The molecule has 0 amide bonds. The summed E-state index contributed by atoms with van der Waals surface area (Å²) >= 11 is 0. The van der Waals surface area contributed by atoms with E-state index in [0.717, 1.165) is 44.2 Å². The molecule has 2 heterocycles. The highest BCUT2D eigenvalue weighted by Crippen LogP contribution is 2.05. The summed E-state index contributed by atoms with van der Waals surface area (Å²) in [6, 6.07) is 0. The van der Waals surface area contributed by atoms with E-state index in [1.807, 2.05) is 6.92 Å². The second-order valence-corrected chi connectivity index (χ2v) is 3.26. The molecule has 0 spiro atoms. The third kappa shape index (κ3) is 2.05. The zero-order valence-electron chi connectivity index (χ0n) is 7.79. The molecule has 0 saturated carbocycles. The number of nitrogens with zero attached hydrogens (tertiary/aromatic N) is 3. The smallest absolute Gasteiger partial charge is 0.0838 e. The molecule has 0 aromatic carbocycles. The van der Waals surface area contributed by atoms with E-state index in [4.69, 9.17) is 4.74 Å². The summed E-state index contributed by atoms with van der Waals surface area (Å²) in [5, 5.41) is 10.6. The van der Waals surface area contributed by atoms with Crippen molar-refractivity contribution in [2.75, 3.05) is 26.3 Å². The molecule has 1 aliphatic heterocycles. The maximum absolute atomic E-state index is 5.27. The van der Waals surface area contributed by atoms with E-state index >= 15 is 0 Å². The van der Waals surface area contributed by atoms with Gasteiger partial charge in [-0.25, -0.2) is 0 Å². The zero-order valence-corrected chi connectivity index (χ0v) is 7.79. The number of H-pyrrole nitrogens is 1. The Morgan fingerprint density at radius 1 is 1.46 bits per heavy atom. The molecule has 13 heavy (non-hydrogen) atoms. The van der Waals surface area contributed by atoms with Crippen molar-refractivity contribution in [1.29, 1.82) is 0 Å². The molecule has 0 aliphatic carbocycles. The fraction of sp³-hybridized carbons (Fsp3) is 0.750. The molecule has 5 nitrogen and oxygen atoms in total. The van der Waals surface area contributed by atoms with E-state index in [1.54, 1.807) is 0 Å². The summed E-state index contributed by atoms with van der Waals surface area (Å²) in [5.41, 5.74) is 2.10. The van der Waals surface area contributed by atoms with Crippen LogP contribution in [0.1, 0.15) is 11.4 Å². The molecular formula is C8H14N4O. The van der Waals surface area contributed by atoms with Crippen molar-refractivity contribution in [1.82, 2.24) is 20.3 Å². The van der Waals surface area contributed by atoms with Crippen LogP contribution in [0.15, 0.2) is 0 Å². The van der Waals surface area contributed by atoms with Gasteiger partial charge in [0.25, 0.3) is 0 Å². The van der Waals surface area contributed by atoms with Crippen LogP contribution >= 0.6 is 0 Å². The number of morpholine rings is 1. The van der Waals surface area contributed by atoms with Gasteiger partial charge in [-0.1, -0.05) is 5.21 Å². The van der Waals surface area contributed by atoms with Gasteiger partial charge >= 0.3 is 0 Å². The number of aromatic amines is 1. The van der Waals surface area contributed by atoms with Gasteiger partial charge in [-0.3, -0.25) is 10.00 Å². The van der Waals surface area contributed by atoms with Crippen LogP contribution in [0.25, 0.3) is 0 Å². The van der Waals surface area contributed by atoms with E-state index in [2.05, 4.69) is 20.3 Å². The van der Waals surface area contributed by atoms with E-state index in [1.165, 1.54) is 0 Å². The van der Waals surface area contributed by atoms with Gasteiger partial charge in [0.05, 0.1) is 24.6 Å². The Balaban J connectivity index is 1.93. The Kier molecular flexibility index (Phi) is 2.56. The first-order valence-electron chi connectivity index (χ1n) is 4.53. The molecule has 1 aromatic heterocycles. The maximum Gasteiger partial charge on any atom is 0.0838 e. The molecule has 1 fully saturated rings. The van der Waals surface area contributed by atoms with Crippen LogP contribution in [0, 0.1) is 6.92 Å². The molecule has 1 saturated heterocycles. The largest absolute Gasteiger partial charge is 0.379 e. The van der Waals surface area contributed by atoms with Crippen LogP contribution in [0.3, 0.4) is 0 Å². The van der Waals surface area contributed by atoms with Gasteiger partial charge in [-0.05, 0) is 6.92 Å². The quantitative estimate of drug-likeness (QED) is 0.696. The Hall–Kier alpha value is -0.940. The monoisotopic (exact) mass is 182 g/mol. The topological polar surface area (TPSA) is 54.0 Å². The Bertz CT molecular complexity index is 267. The van der Waals surface area contributed by atoms with Crippen LogP contribution in [-0.4, -0.2) is 46.6 Å². The first-order chi connectivity index (χ1) is 6.36. The fourth-order valence-electron chi connectivity index (χ4n) is 1.43. The van der Waals surface area contributed by atoms with Crippen molar-refractivity contribution in [3.8, 4) is 0 Å². The predicted octanol–water partition coefficient (Wildman–Crippen LogP) is -0.0547. The zero-order chi connectivity index (χ0) is 9.10. The summed E-state index contributed by atoms with van der Waals surface area (Å²) < 4.78 is 5.27. The number of rotatable bonds is 2. The molecule has 1 aliphatic rings. The van der Waals surface area contributed by atoms with Gasteiger partial charge < -0.3 is 4.74 Å². The second kappa shape index (κ2) is 3.85. The van der Waals surface area contributed by atoms with Crippen molar-refractivity contribution in [2.45, 2.75) is 13.5 Å². The lowest BCUT2D eigenvalue weighted by atomic mass is 10.3. The molecule has 5 heteroatoms. The Morgan fingerprint density at radius 2 is 2.23 bits per heavy atom. The Morgan fingerprint density at radius 3 is 2.85 bits per heavy atom. The molecule has 72 valence electrons. The number of ether oxygens (including phenoxy) is 1. The summed E-state index contributed by atoms with van der Waals surface area (Å²) in [5.74, 6) is 0. The minimum Gasteiger partial charge on any atom is -0.379 e. The molecule has 0 radical (unpaired) electrons. The highest BCUT2D eigenvalue weighted by molar-refractivity contribution is 5.05. The first kappa shape index (κ1) is 8.65. The minimum absolute atomic E-state index is 0.834. The van der Waals surface area contributed by atoms with E-state index in [9.17, 15) is 0 Å². The average Bonchev–Trinajstić information content (AvgIpc) is 2.54. The number of aromatic nitrogens is 3. The van der Waals surface area contributed by atoms with Crippen LogP contribution in [0.4, 0.5) is 0 Å². The van der Waals surface area contributed by atoms with Crippen molar-refractivity contribution in [3.63, 3.8) is 0 Å². The highest BCUT2D eigenvalue weighted by Gasteiger charge is 2.12. The summed E-state index contributed by atoms with van der Waals surface area (Å²) in [4.78, 5) is 2.34. The number of aryl methyl sites for hydroxylation is 1. The molecule has 1 N–H and O–H groups in total. The second-order valence-electron chi connectivity index (χ2n) is 3.26. The van der Waals surface area contributed by atoms with Gasteiger partial charge in [-0.15, -0.1) is 5.10 Å². The third-order valence-corrected chi connectivity index (χ3v) is 2.31. The van der Waals surface area contributed by atoms with Gasteiger partial charge in [0, 0.05) is 19.6 Å². The fourth-order valence-corrected chi connectivity index (χ4v) is 1.43.